The van der Waals surface area contributed by atoms with Gasteiger partial charge in [0.15, 0.2) is 5.75 Å². The van der Waals surface area contributed by atoms with Crippen LogP contribution >= 0.6 is 11.6 Å². The zero-order valence-corrected chi connectivity index (χ0v) is 35.6. The summed E-state index contributed by atoms with van der Waals surface area (Å²) in [6, 6.07) is 12.7. The molecule has 0 amide bonds. The molecule has 6 aromatic rings. The Morgan fingerprint density at radius 2 is 1.32 bits per heavy atom. The maximum Gasteiger partial charge on any atom is 0.337 e. The summed E-state index contributed by atoms with van der Waals surface area (Å²) >= 11 is 6.10. The Labute approximate surface area is 370 Å². The van der Waals surface area contributed by atoms with Crippen molar-refractivity contribution in [2.75, 3.05) is 0 Å². The number of aromatic nitrogens is 3. The van der Waals surface area contributed by atoms with Crippen molar-refractivity contribution >= 4 is 151 Å². The minimum atomic E-state index is -5.37. The van der Waals surface area contributed by atoms with E-state index in [0.717, 1.165) is 18.2 Å². The van der Waals surface area contributed by atoms with Gasteiger partial charge in [-0.3, -0.25) is 23.2 Å². The monoisotopic (exact) mass is 911 g/mol. The summed E-state index contributed by atoms with van der Waals surface area (Å²) in [7, 11) is -20.3. The molecule has 59 heavy (non-hydrogen) atoms. The van der Waals surface area contributed by atoms with Gasteiger partial charge in [-0.15, -0.1) is 10.2 Å². The van der Waals surface area contributed by atoms with Gasteiger partial charge in [0.05, 0.1) is 32.1 Å². The Morgan fingerprint density at radius 3 is 1.93 bits per heavy atom. The molecule has 0 bridgehead atoms. The number of hydrogen-bond donors (Lipinski definition) is 8. The van der Waals surface area contributed by atoms with E-state index in [-0.39, 0.29) is 53.8 Å². The molecule has 1 aromatic heterocycles. The topological polar surface area (TPSA) is 369 Å². The fourth-order valence-electron chi connectivity index (χ4n) is 5.33. The van der Waals surface area contributed by atoms with Gasteiger partial charge in [-0.25, -0.2) is 14.8 Å². The molecule has 0 unspecified atom stereocenters. The first kappa shape index (κ1) is 47.3. The second-order valence-corrected chi connectivity index (χ2v) is 17.3. The first-order chi connectivity index (χ1) is 26.4. The summed E-state index contributed by atoms with van der Waals surface area (Å²) in [4.78, 5) is 25.1. The Balaban J connectivity index is 0.00000384. The number of rotatable bonds is 9. The quantitative estimate of drug-likeness (QED) is 0.0586. The predicted octanol–water partition coefficient (Wildman–Crippen LogP) is 3.21. The Hall–Kier alpha value is -4.37. The Bertz CT molecular complexity index is 3380. The predicted molar refractivity (Wildman–Crippen MR) is 206 cm³/mol. The Morgan fingerprint density at radius 1 is 0.678 bits per heavy atom. The molecule has 5 aromatic carbocycles. The molecular formula is C30H20ClLiN7NaO15S4. The molecule has 2 radical (unpaired) electrons. The first-order valence-corrected chi connectivity index (χ1v) is 21.1. The summed E-state index contributed by atoms with van der Waals surface area (Å²) in [5, 5.41) is 27.4. The van der Waals surface area contributed by atoms with Gasteiger partial charge in [-0.05, 0) is 64.8 Å². The third-order valence-corrected chi connectivity index (χ3v) is 11.3. The van der Waals surface area contributed by atoms with Crippen LogP contribution in [0.15, 0.2) is 113 Å². The van der Waals surface area contributed by atoms with E-state index in [1.54, 1.807) is 6.07 Å². The van der Waals surface area contributed by atoms with E-state index in [0.29, 0.717) is 29.7 Å². The normalized spacial score (nSPS) is 13.1. The smallest absolute Gasteiger partial charge is 0.337 e. The van der Waals surface area contributed by atoms with E-state index in [2.05, 4.69) is 35.2 Å². The van der Waals surface area contributed by atoms with Crippen LogP contribution in [0.3, 0.4) is 0 Å². The van der Waals surface area contributed by atoms with Crippen LogP contribution < -0.4 is 11.2 Å². The number of aromatic amines is 2. The van der Waals surface area contributed by atoms with Crippen LogP contribution in [0.2, 0.25) is 5.28 Å². The first-order valence-electron chi connectivity index (χ1n) is 14.9. The Kier molecular flexibility index (Phi) is 13.9. The largest absolute Gasteiger partial charge is 0.505 e. The SMILES string of the molecule is O=C(O)c1cc(S(=O)(=O)O)ccc1N=c1nc(Cl)[nH]c(=Nc2cc(S(=O)(=O)O)cc3cc(S(=O)(=O)O)c(N=Nc4ccc5ccccc5c4S(=O)(=O)O)c(O)c23)[nH]1.[Li].[Na]. The van der Waals surface area contributed by atoms with Gasteiger partial charge in [0.25, 0.3) is 40.5 Å². The van der Waals surface area contributed by atoms with E-state index in [4.69, 9.17) is 11.6 Å². The van der Waals surface area contributed by atoms with E-state index >= 15 is 0 Å². The summed E-state index contributed by atoms with van der Waals surface area (Å²) in [5.41, 5.74) is -4.35. The van der Waals surface area contributed by atoms with Crippen LogP contribution in [0, 0.1) is 0 Å². The number of hydrogen-bond acceptors (Lipinski definition) is 15. The summed E-state index contributed by atoms with van der Waals surface area (Å²) in [6.07, 6.45) is 0. The molecule has 22 nitrogen and oxygen atoms in total. The number of halogens is 1. The van der Waals surface area contributed by atoms with E-state index < -0.39 is 127 Å². The average Bonchev–Trinajstić information content (AvgIpc) is 3.08. The molecule has 29 heteroatoms. The maximum atomic E-state index is 12.6. The molecule has 8 N–H and O–H groups in total. The zero-order chi connectivity index (χ0) is 41.8. The average molecular weight is 912 g/mol. The molecule has 0 aliphatic heterocycles. The van der Waals surface area contributed by atoms with Crippen LogP contribution in [-0.4, -0.2) is 131 Å². The maximum absolute atomic E-state index is 12.6. The van der Waals surface area contributed by atoms with Crippen molar-refractivity contribution < 1.29 is 66.9 Å². The number of benzene rings is 5. The molecule has 0 fully saturated rings. The number of phenols is 1. The van der Waals surface area contributed by atoms with Crippen LogP contribution in [-0.2, 0) is 40.5 Å². The number of nitrogens with one attached hydrogen (secondary N) is 2. The minimum absolute atomic E-state index is 0. The summed E-state index contributed by atoms with van der Waals surface area (Å²) in [5.74, 6) is -2.83. The molecule has 0 aliphatic carbocycles. The second-order valence-electron chi connectivity index (χ2n) is 11.4. The van der Waals surface area contributed by atoms with Crippen molar-refractivity contribution in [3.05, 3.63) is 94.9 Å². The van der Waals surface area contributed by atoms with Gasteiger partial charge in [-0.1, -0.05) is 30.3 Å². The van der Waals surface area contributed by atoms with Gasteiger partial charge in [0.2, 0.25) is 16.5 Å². The molecule has 0 saturated carbocycles. The number of carboxylic acid groups (broad SMARTS) is 1. The van der Waals surface area contributed by atoms with Crippen molar-refractivity contribution in [1.29, 1.82) is 0 Å². The van der Waals surface area contributed by atoms with Crippen LogP contribution in [0.25, 0.3) is 21.5 Å². The van der Waals surface area contributed by atoms with Gasteiger partial charge >= 0.3 is 5.97 Å². The van der Waals surface area contributed by atoms with E-state index in [9.17, 15) is 66.9 Å². The molecule has 0 saturated heterocycles. The molecule has 6 rings (SSSR count). The van der Waals surface area contributed by atoms with Gasteiger partial charge in [0.1, 0.15) is 21.2 Å². The molecule has 0 atom stereocenters. The molecule has 0 spiro atoms. The number of carboxylic acids is 1. The van der Waals surface area contributed by atoms with Gasteiger partial charge < -0.3 is 15.2 Å². The third kappa shape index (κ3) is 10.3. The molecule has 298 valence electrons. The van der Waals surface area contributed by atoms with Crippen LogP contribution in [0.5, 0.6) is 5.75 Å². The number of fused-ring (bicyclic) bond motifs is 2. The summed E-state index contributed by atoms with van der Waals surface area (Å²) < 4.78 is 137. The molecule has 0 aliphatic rings. The van der Waals surface area contributed by atoms with Gasteiger partial charge in [0, 0.05) is 53.8 Å². The van der Waals surface area contributed by atoms with E-state index in [1.807, 2.05) is 0 Å². The number of phenolic OH excluding ortho intramolecular Hbond substituents is 1. The van der Waals surface area contributed by atoms with Crippen LogP contribution in [0.1, 0.15) is 10.4 Å². The van der Waals surface area contributed by atoms with Crippen LogP contribution in [0.4, 0.5) is 22.7 Å². The van der Waals surface area contributed by atoms with Crippen molar-refractivity contribution in [3.63, 3.8) is 0 Å². The number of carbonyl (C=O) groups is 1. The van der Waals surface area contributed by atoms with Crippen molar-refractivity contribution in [3.8, 4) is 5.75 Å². The third-order valence-electron chi connectivity index (χ3n) is 7.66. The number of aromatic carboxylic acids is 1. The number of nitrogens with zero attached hydrogens (tertiary/aromatic N) is 5. The number of aromatic hydroxyl groups is 1. The van der Waals surface area contributed by atoms with E-state index in [1.165, 1.54) is 24.3 Å². The zero-order valence-electron chi connectivity index (χ0n) is 29.5. The fraction of sp³-hybridized carbons (Fsp3) is 0. The standard InChI is InChI=1S/C30H20ClN7O15S4.Li.Na/c31-28-34-29(32-19-8-6-15(54(42,43)44)11-18(19)27(40)41)36-30(35-28)33-21-12-16(55(45,46)47)9-14-10-22(56(48,49)50)24(25(39)23(14)21)38-37-20-7-5-13-3-1-2-4-17(13)26(20)57(51,52)53;;/h1-12,39H,(H,40,41)(H,42,43,44)(H,45,46,47)(H,48,49,50)(H,51,52,53)(H2,32,33,34,35,36);;. The summed E-state index contributed by atoms with van der Waals surface area (Å²) in [6.45, 7) is 0. The number of azo groups is 1. The van der Waals surface area contributed by atoms with Crippen molar-refractivity contribution in [2.24, 2.45) is 20.2 Å². The van der Waals surface area contributed by atoms with Crippen molar-refractivity contribution in [1.82, 2.24) is 15.0 Å². The van der Waals surface area contributed by atoms with Crippen molar-refractivity contribution in [2.45, 2.75) is 19.6 Å². The number of H-pyrrole nitrogens is 2. The molecule has 1 heterocycles. The molecular weight excluding hydrogens is 892 g/mol. The fourth-order valence-corrected chi connectivity index (χ4v) is 8.03. The minimum Gasteiger partial charge on any atom is -0.505 e. The second kappa shape index (κ2) is 17.3. The van der Waals surface area contributed by atoms with Gasteiger partial charge in [-0.2, -0.15) is 38.7 Å².